The van der Waals surface area contributed by atoms with Crippen molar-refractivity contribution in [3.05, 3.63) is 11.4 Å². The third-order valence-electron chi connectivity index (χ3n) is 4.09. The number of hydrogen-bond donors (Lipinski definition) is 0. The van der Waals surface area contributed by atoms with Crippen LogP contribution in [0.25, 0.3) is 0 Å². The van der Waals surface area contributed by atoms with E-state index in [1.54, 1.807) is 11.4 Å². The Balaban J connectivity index is 1.63. The SMILES string of the molecule is CSN1C2=C1CC1(CCN(C)CC1)C2. The van der Waals surface area contributed by atoms with Gasteiger partial charge in [0.25, 0.3) is 0 Å². The Morgan fingerprint density at radius 2 is 1.71 bits per heavy atom. The molecule has 3 heteroatoms. The molecule has 0 unspecified atom stereocenters. The Morgan fingerprint density at radius 3 is 2.21 bits per heavy atom. The van der Waals surface area contributed by atoms with E-state index in [4.69, 9.17) is 0 Å². The summed E-state index contributed by atoms with van der Waals surface area (Å²) in [5.41, 5.74) is 4.02. The fourth-order valence-corrected chi connectivity index (χ4v) is 3.75. The Hall–Kier alpha value is -0.150. The Labute approximate surface area is 90.5 Å². The van der Waals surface area contributed by atoms with Crippen molar-refractivity contribution in [3.63, 3.8) is 0 Å². The molecule has 0 aromatic carbocycles. The van der Waals surface area contributed by atoms with Crippen molar-refractivity contribution in [2.45, 2.75) is 25.7 Å². The maximum atomic E-state index is 2.47. The smallest absolute Gasteiger partial charge is 0.0506 e. The molecule has 14 heavy (non-hydrogen) atoms. The van der Waals surface area contributed by atoms with Crippen LogP contribution in [-0.4, -0.2) is 35.6 Å². The second-order valence-electron chi connectivity index (χ2n) is 5.03. The summed E-state index contributed by atoms with van der Waals surface area (Å²) < 4.78 is 2.43. The molecule has 0 atom stereocenters. The zero-order valence-corrected chi connectivity index (χ0v) is 9.86. The van der Waals surface area contributed by atoms with E-state index in [1.807, 2.05) is 11.9 Å². The predicted octanol–water partition coefficient (Wildman–Crippen LogP) is 2.30. The monoisotopic (exact) mass is 210 g/mol. The summed E-state index contributed by atoms with van der Waals surface area (Å²) in [7, 11) is 2.25. The normalized spacial score (nSPS) is 30.0. The molecule has 78 valence electrons. The van der Waals surface area contributed by atoms with Gasteiger partial charge in [0.15, 0.2) is 0 Å². The minimum absolute atomic E-state index is 0.684. The number of hydrogen-bond acceptors (Lipinski definition) is 3. The molecule has 1 saturated heterocycles. The lowest BCUT2D eigenvalue weighted by Crippen LogP contribution is -2.38. The first-order valence-corrected chi connectivity index (χ1v) is 6.67. The summed E-state index contributed by atoms with van der Waals surface area (Å²) in [5, 5.41) is 0. The summed E-state index contributed by atoms with van der Waals surface area (Å²) in [5.74, 6) is 0. The molecule has 0 aromatic heterocycles. The van der Waals surface area contributed by atoms with Gasteiger partial charge in [-0.05, 0) is 63.2 Å². The van der Waals surface area contributed by atoms with E-state index in [2.05, 4.69) is 22.5 Å². The second-order valence-corrected chi connectivity index (χ2v) is 5.76. The minimum Gasteiger partial charge on any atom is -0.306 e. The molecule has 0 radical (unpaired) electrons. The average Bonchev–Trinajstić information content (AvgIpc) is 2.69. The molecule has 0 saturated carbocycles. The number of rotatable bonds is 1. The van der Waals surface area contributed by atoms with Crippen LogP contribution in [0.2, 0.25) is 0 Å². The van der Waals surface area contributed by atoms with Gasteiger partial charge in [0.2, 0.25) is 0 Å². The highest BCUT2D eigenvalue weighted by Crippen LogP contribution is 2.60. The van der Waals surface area contributed by atoms with Gasteiger partial charge in [-0.1, -0.05) is 0 Å². The van der Waals surface area contributed by atoms with Crippen molar-refractivity contribution in [1.29, 1.82) is 0 Å². The third-order valence-corrected chi connectivity index (χ3v) is 4.89. The highest BCUT2D eigenvalue weighted by Gasteiger charge is 2.50. The average molecular weight is 210 g/mol. The molecule has 2 nitrogen and oxygen atoms in total. The van der Waals surface area contributed by atoms with Crippen LogP contribution >= 0.6 is 11.9 Å². The molecule has 1 aliphatic carbocycles. The number of nitrogens with zero attached hydrogens (tertiary/aromatic N) is 2. The highest BCUT2D eigenvalue weighted by molar-refractivity contribution is 7.96. The van der Waals surface area contributed by atoms with Gasteiger partial charge in [0, 0.05) is 6.26 Å². The van der Waals surface area contributed by atoms with Gasteiger partial charge in [-0.15, -0.1) is 0 Å². The summed E-state index contributed by atoms with van der Waals surface area (Å²) in [6, 6.07) is 0. The van der Waals surface area contributed by atoms with Crippen molar-refractivity contribution >= 4 is 11.9 Å². The molecular weight excluding hydrogens is 192 g/mol. The first kappa shape index (κ1) is 9.10. The Bertz CT molecular complexity index is 272. The number of allylic oxidation sites excluding steroid dienone is 2. The molecule has 0 N–H and O–H groups in total. The van der Waals surface area contributed by atoms with Gasteiger partial charge >= 0.3 is 0 Å². The van der Waals surface area contributed by atoms with Gasteiger partial charge in [0.05, 0.1) is 11.4 Å². The lowest BCUT2D eigenvalue weighted by molar-refractivity contribution is 0.121. The van der Waals surface area contributed by atoms with Crippen LogP contribution in [0.4, 0.5) is 0 Å². The first-order valence-electron chi connectivity index (χ1n) is 5.49. The maximum Gasteiger partial charge on any atom is 0.0506 e. The lowest BCUT2D eigenvalue weighted by Gasteiger charge is -2.40. The fraction of sp³-hybridized carbons (Fsp3) is 0.818. The second kappa shape index (κ2) is 2.92. The van der Waals surface area contributed by atoms with Gasteiger partial charge in [-0.25, -0.2) is 0 Å². The van der Waals surface area contributed by atoms with E-state index in [0.717, 1.165) is 0 Å². The molecule has 1 fully saturated rings. The van der Waals surface area contributed by atoms with Crippen molar-refractivity contribution in [3.8, 4) is 0 Å². The van der Waals surface area contributed by atoms with Crippen LogP contribution in [0.1, 0.15) is 25.7 Å². The van der Waals surface area contributed by atoms with Crippen LogP contribution in [-0.2, 0) is 0 Å². The van der Waals surface area contributed by atoms with Crippen molar-refractivity contribution < 1.29 is 0 Å². The van der Waals surface area contributed by atoms with E-state index < -0.39 is 0 Å². The topological polar surface area (TPSA) is 6.25 Å². The van der Waals surface area contributed by atoms with Crippen LogP contribution in [0.5, 0.6) is 0 Å². The molecule has 0 aromatic rings. The zero-order valence-electron chi connectivity index (χ0n) is 9.05. The molecule has 3 aliphatic rings. The lowest BCUT2D eigenvalue weighted by atomic mass is 9.75. The quantitative estimate of drug-likeness (QED) is 0.613. The van der Waals surface area contributed by atoms with E-state index in [0.29, 0.717) is 5.41 Å². The van der Waals surface area contributed by atoms with E-state index in [1.165, 1.54) is 38.8 Å². The zero-order chi connectivity index (χ0) is 9.76. The van der Waals surface area contributed by atoms with E-state index >= 15 is 0 Å². The van der Waals surface area contributed by atoms with Gasteiger partial charge in [0.1, 0.15) is 0 Å². The molecule has 1 spiro atoms. The molecule has 3 rings (SSSR count). The van der Waals surface area contributed by atoms with Gasteiger partial charge < -0.3 is 4.90 Å². The van der Waals surface area contributed by atoms with Crippen molar-refractivity contribution in [2.75, 3.05) is 26.4 Å². The fourth-order valence-electron chi connectivity index (χ4n) is 3.01. The largest absolute Gasteiger partial charge is 0.306 e. The van der Waals surface area contributed by atoms with Crippen molar-refractivity contribution in [2.24, 2.45) is 5.41 Å². The van der Waals surface area contributed by atoms with Crippen LogP contribution in [0, 0.1) is 5.41 Å². The summed E-state index contributed by atoms with van der Waals surface area (Å²) in [6.07, 6.45) is 7.76. The predicted molar refractivity (Wildman–Crippen MR) is 60.8 cm³/mol. The highest BCUT2D eigenvalue weighted by atomic mass is 32.2. The molecule has 0 bridgehead atoms. The number of likely N-dealkylation sites (tertiary alicyclic amines) is 1. The first-order chi connectivity index (χ1) is 6.74. The van der Waals surface area contributed by atoms with Crippen LogP contribution in [0.3, 0.4) is 0 Å². The van der Waals surface area contributed by atoms with Crippen molar-refractivity contribution in [1.82, 2.24) is 9.21 Å². The maximum absolute atomic E-state index is 2.47. The van der Waals surface area contributed by atoms with Crippen LogP contribution in [0.15, 0.2) is 11.4 Å². The summed E-state index contributed by atoms with van der Waals surface area (Å²) >= 11 is 1.88. The molecule has 0 amide bonds. The van der Waals surface area contributed by atoms with E-state index in [-0.39, 0.29) is 0 Å². The summed E-state index contributed by atoms with van der Waals surface area (Å²) in [6.45, 7) is 2.61. The molecule has 2 aliphatic heterocycles. The Kier molecular flexibility index (Phi) is 1.90. The third kappa shape index (κ3) is 1.22. The summed E-state index contributed by atoms with van der Waals surface area (Å²) in [4.78, 5) is 2.47. The van der Waals surface area contributed by atoms with Crippen LogP contribution < -0.4 is 0 Å². The Morgan fingerprint density at radius 1 is 1.14 bits per heavy atom. The standard InChI is InChI=1S/C11H18N2S/c1-12-5-3-11(4-6-12)7-9-10(8-11)13(9)14-2/h3-8H2,1-2H3. The minimum atomic E-state index is 0.684. The number of piperidine rings is 2. The van der Waals surface area contributed by atoms with Gasteiger partial charge in [-0.3, -0.25) is 4.31 Å². The van der Waals surface area contributed by atoms with Gasteiger partial charge in [-0.2, -0.15) is 0 Å². The van der Waals surface area contributed by atoms with E-state index in [9.17, 15) is 0 Å². The molecular formula is C11H18N2S. The molecule has 2 heterocycles.